The first-order valence-electron chi connectivity index (χ1n) is 8.41. The second-order valence-electron chi connectivity index (χ2n) is 6.33. The van der Waals surface area contributed by atoms with Crippen LogP contribution in [0.4, 0.5) is 0 Å². The average Bonchev–Trinajstić information content (AvgIpc) is 2.97. The molecule has 136 valence electrons. The number of aryl methyl sites for hydroxylation is 3. The zero-order valence-electron chi connectivity index (χ0n) is 15.4. The highest BCUT2D eigenvalue weighted by atomic mass is 35.5. The molecule has 0 aliphatic rings. The van der Waals surface area contributed by atoms with Crippen LogP contribution in [-0.2, 0) is 19.4 Å². The van der Waals surface area contributed by atoms with Gasteiger partial charge in [-0.1, -0.05) is 47.6 Å². The van der Waals surface area contributed by atoms with Crippen molar-refractivity contribution in [3.63, 3.8) is 0 Å². The number of benzene rings is 2. The van der Waals surface area contributed by atoms with Crippen molar-refractivity contribution in [3.05, 3.63) is 69.5 Å². The SMILES string of the molecule is Cc1ccccc1CSc1nnc(COc2cc(C)c(Cl)c(C)c2)n1C. The molecule has 0 N–H and O–H groups in total. The van der Waals surface area contributed by atoms with Crippen molar-refractivity contribution in [2.75, 3.05) is 0 Å². The Kier molecular flexibility index (Phi) is 5.89. The highest BCUT2D eigenvalue weighted by Gasteiger charge is 2.11. The van der Waals surface area contributed by atoms with E-state index in [0.29, 0.717) is 6.61 Å². The van der Waals surface area contributed by atoms with Gasteiger partial charge in [-0.05, 0) is 55.2 Å². The van der Waals surface area contributed by atoms with Gasteiger partial charge in [-0.15, -0.1) is 10.2 Å². The summed E-state index contributed by atoms with van der Waals surface area (Å²) in [4.78, 5) is 0. The predicted molar refractivity (Wildman–Crippen MR) is 107 cm³/mol. The van der Waals surface area contributed by atoms with Crippen molar-refractivity contribution >= 4 is 23.4 Å². The first kappa shape index (κ1) is 18.8. The smallest absolute Gasteiger partial charge is 0.191 e. The average molecular weight is 388 g/mol. The van der Waals surface area contributed by atoms with E-state index in [1.807, 2.05) is 37.6 Å². The first-order valence-corrected chi connectivity index (χ1v) is 9.77. The van der Waals surface area contributed by atoms with Crippen LogP contribution in [-0.4, -0.2) is 14.8 Å². The van der Waals surface area contributed by atoms with Crippen LogP contribution in [0.15, 0.2) is 41.6 Å². The van der Waals surface area contributed by atoms with E-state index in [2.05, 4.69) is 41.4 Å². The van der Waals surface area contributed by atoms with E-state index in [9.17, 15) is 0 Å². The molecule has 1 aromatic heterocycles. The quantitative estimate of drug-likeness (QED) is 0.540. The van der Waals surface area contributed by atoms with Crippen molar-refractivity contribution in [2.24, 2.45) is 7.05 Å². The fourth-order valence-corrected chi connectivity index (χ4v) is 3.76. The summed E-state index contributed by atoms with van der Waals surface area (Å²) in [6, 6.07) is 12.3. The molecule has 0 atom stereocenters. The van der Waals surface area contributed by atoms with Crippen LogP contribution in [0.1, 0.15) is 28.1 Å². The molecule has 0 spiro atoms. The predicted octanol–water partition coefficient (Wildman–Crippen LogP) is 5.27. The summed E-state index contributed by atoms with van der Waals surface area (Å²) in [6.07, 6.45) is 0. The zero-order valence-corrected chi connectivity index (χ0v) is 17.0. The van der Waals surface area contributed by atoms with Gasteiger partial charge in [0.1, 0.15) is 12.4 Å². The van der Waals surface area contributed by atoms with Crippen LogP contribution in [0, 0.1) is 20.8 Å². The number of thioether (sulfide) groups is 1. The molecular formula is C20H22ClN3OS. The standard InChI is InChI=1S/C20H22ClN3OS/c1-13-7-5-6-8-16(13)12-26-20-23-22-18(24(20)4)11-25-17-9-14(2)19(21)15(3)10-17/h5-10H,11-12H2,1-4H3. The van der Waals surface area contributed by atoms with E-state index < -0.39 is 0 Å². The fraction of sp³-hybridized carbons (Fsp3) is 0.300. The van der Waals surface area contributed by atoms with E-state index in [1.165, 1.54) is 11.1 Å². The summed E-state index contributed by atoms with van der Waals surface area (Å²) < 4.78 is 7.88. The van der Waals surface area contributed by atoms with E-state index >= 15 is 0 Å². The second-order valence-corrected chi connectivity index (χ2v) is 7.65. The highest BCUT2D eigenvalue weighted by molar-refractivity contribution is 7.98. The van der Waals surface area contributed by atoms with E-state index in [-0.39, 0.29) is 0 Å². The first-order chi connectivity index (χ1) is 12.5. The molecule has 4 nitrogen and oxygen atoms in total. The molecule has 0 fully saturated rings. The molecular weight excluding hydrogens is 366 g/mol. The van der Waals surface area contributed by atoms with Gasteiger partial charge in [-0.3, -0.25) is 0 Å². The minimum atomic E-state index is 0.370. The molecule has 0 aliphatic carbocycles. The van der Waals surface area contributed by atoms with Crippen molar-refractivity contribution in [3.8, 4) is 5.75 Å². The Morgan fingerprint density at radius 3 is 2.42 bits per heavy atom. The summed E-state index contributed by atoms with van der Waals surface area (Å²) in [5.41, 5.74) is 4.62. The Morgan fingerprint density at radius 1 is 1.04 bits per heavy atom. The minimum absolute atomic E-state index is 0.370. The van der Waals surface area contributed by atoms with Crippen molar-refractivity contribution in [1.29, 1.82) is 0 Å². The van der Waals surface area contributed by atoms with Crippen LogP contribution in [0.3, 0.4) is 0 Å². The van der Waals surface area contributed by atoms with Crippen LogP contribution in [0.5, 0.6) is 5.75 Å². The summed E-state index contributed by atoms with van der Waals surface area (Å²) in [5, 5.41) is 10.2. The number of nitrogens with zero attached hydrogens (tertiary/aromatic N) is 3. The highest BCUT2D eigenvalue weighted by Crippen LogP contribution is 2.27. The second kappa shape index (κ2) is 8.14. The molecule has 6 heteroatoms. The van der Waals surface area contributed by atoms with Gasteiger partial charge in [-0.2, -0.15) is 0 Å². The molecule has 0 radical (unpaired) electrons. The molecule has 3 aromatic rings. The molecule has 0 saturated heterocycles. The maximum absolute atomic E-state index is 6.21. The molecule has 0 amide bonds. The number of hydrogen-bond acceptors (Lipinski definition) is 4. The number of hydrogen-bond donors (Lipinski definition) is 0. The topological polar surface area (TPSA) is 39.9 Å². The third kappa shape index (κ3) is 4.22. The van der Waals surface area contributed by atoms with Gasteiger partial charge in [0, 0.05) is 17.8 Å². The van der Waals surface area contributed by atoms with E-state index in [1.54, 1.807) is 11.8 Å². The fourth-order valence-electron chi connectivity index (χ4n) is 2.65. The summed E-state index contributed by atoms with van der Waals surface area (Å²) in [5.74, 6) is 2.46. The number of ether oxygens (including phenoxy) is 1. The van der Waals surface area contributed by atoms with Gasteiger partial charge in [0.15, 0.2) is 11.0 Å². The Hall–Kier alpha value is -1.98. The van der Waals surface area contributed by atoms with Gasteiger partial charge >= 0.3 is 0 Å². The molecule has 1 heterocycles. The van der Waals surface area contributed by atoms with Crippen molar-refractivity contribution < 1.29 is 4.74 Å². The van der Waals surface area contributed by atoms with Crippen molar-refractivity contribution in [1.82, 2.24) is 14.8 Å². The maximum Gasteiger partial charge on any atom is 0.191 e. The normalized spacial score (nSPS) is 11.0. The largest absolute Gasteiger partial charge is 0.486 e. The lowest BCUT2D eigenvalue weighted by atomic mass is 10.1. The van der Waals surface area contributed by atoms with Gasteiger partial charge in [0.25, 0.3) is 0 Å². The number of rotatable bonds is 6. The zero-order chi connectivity index (χ0) is 18.7. The molecule has 2 aromatic carbocycles. The van der Waals surface area contributed by atoms with E-state index in [0.717, 1.165) is 38.6 Å². The lowest BCUT2D eigenvalue weighted by Crippen LogP contribution is -2.04. The summed E-state index contributed by atoms with van der Waals surface area (Å²) in [6.45, 7) is 6.45. The van der Waals surface area contributed by atoms with Crippen LogP contribution >= 0.6 is 23.4 Å². The summed E-state index contributed by atoms with van der Waals surface area (Å²) in [7, 11) is 1.97. The van der Waals surface area contributed by atoms with Gasteiger partial charge in [-0.25, -0.2) is 0 Å². The Morgan fingerprint density at radius 2 is 1.73 bits per heavy atom. The van der Waals surface area contributed by atoms with Gasteiger partial charge < -0.3 is 9.30 Å². The van der Waals surface area contributed by atoms with E-state index in [4.69, 9.17) is 16.3 Å². The molecule has 0 bridgehead atoms. The Bertz CT molecular complexity index is 900. The maximum atomic E-state index is 6.21. The molecule has 3 rings (SSSR count). The van der Waals surface area contributed by atoms with Crippen LogP contribution in [0.25, 0.3) is 0 Å². The minimum Gasteiger partial charge on any atom is -0.486 e. The van der Waals surface area contributed by atoms with Gasteiger partial charge in [0.2, 0.25) is 0 Å². The molecule has 0 unspecified atom stereocenters. The molecule has 0 aliphatic heterocycles. The summed E-state index contributed by atoms with van der Waals surface area (Å²) >= 11 is 7.89. The van der Waals surface area contributed by atoms with Gasteiger partial charge in [0.05, 0.1) is 0 Å². The van der Waals surface area contributed by atoms with Crippen molar-refractivity contribution in [2.45, 2.75) is 38.3 Å². The monoisotopic (exact) mass is 387 g/mol. The lowest BCUT2D eigenvalue weighted by molar-refractivity contribution is 0.290. The third-order valence-corrected chi connectivity index (χ3v) is 5.99. The Balaban J connectivity index is 1.65. The van der Waals surface area contributed by atoms with Crippen LogP contribution < -0.4 is 4.74 Å². The van der Waals surface area contributed by atoms with Crippen LogP contribution in [0.2, 0.25) is 5.02 Å². The number of aromatic nitrogens is 3. The third-order valence-electron chi connectivity index (χ3n) is 4.32. The lowest BCUT2D eigenvalue weighted by Gasteiger charge is -2.10. The number of halogens is 1. The molecule has 26 heavy (non-hydrogen) atoms. The Labute approximate surface area is 163 Å². The molecule has 0 saturated carbocycles.